The van der Waals surface area contributed by atoms with E-state index in [1.54, 1.807) is 6.92 Å². The highest BCUT2D eigenvalue weighted by Crippen LogP contribution is 2.23. The lowest BCUT2D eigenvalue weighted by atomic mass is 9.90. The van der Waals surface area contributed by atoms with Crippen LogP contribution >= 0.6 is 0 Å². The van der Waals surface area contributed by atoms with Gasteiger partial charge >= 0.3 is 5.97 Å². The van der Waals surface area contributed by atoms with Gasteiger partial charge in [-0.25, -0.2) is 0 Å². The molecule has 1 fully saturated rings. The second kappa shape index (κ2) is 5.22. The standard InChI is InChI=1S/C10H19NO2/c1-8(11)10(12)13-7-9-5-3-2-4-6-9/h8-9H,2-7,11H2,1H3/t8-/m1/s1. The summed E-state index contributed by atoms with van der Waals surface area (Å²) in [5.74, 6) is 0.307. The minimum atomic E-state index is -0.483. The molecule has 0 aromatic carbocycles. The Balaban J connectivity index is 2.13. The minimum absolute atomic E-state index is 0.273. The first kappa shape index (κ1) is 10.5. The predicted molar refractivity (Wildman–Crippen MR) is 51.2 cm³/mol. The molecule has 1 rings (SSSR count). The molecule has 3 nitrogen and oxygen atoms in total. The van der Waals surface area contributed by atoms with Crippen LogP contribution in [-0.2, 0) is 9.53 Å². The number of nitrogens with two attached hydrogens (primary N) is 1. The lowest BCUT2D eigenvalue weighted by molar-refractivity contribution is -0.146. The van der Waals surface area contributed by atoms with E-state index in [1.807, 2.05) is 0 Å². The van der Waals surface area contributed by atoms with Crippen molar-refractivity contribution in [2.75, 3.05) is 6.61 Å². The van der Waals surface area contributed by atoms with E-state index < -0.39 is 6.04 Å². The van der Waals surface area contributed by atoms with Crippen molar-refractivity contribution in [3.05, 3.63) is 0 Å². The van der Waals surface area contributed by atoms with Crippen molar-refractivity contribution in [3.63, 3.8) is 0 Å². The molecular weight excluding hydrogens is 166 g/mol. The second-order valence-electron chi connectivity index (χ2n) is 3.92. The zero-order valence-electron chi connectivity index (χ0n) is 8.29. The van der Waals surface area contributed by atoms with Crippen molar-refractivity contribution in [2.45, 2.75) is 45.1 Å². The highest BCUT2D eigenvalue weighted by atomic mass is 16.5. The molecule has 0 aromatic heterocycles. The van der Waals surface area contributed by atoms with Crippen LogP contribution in [0.25, 0.3) is 0 Å². The molecule has 0 radical (unpaired) electrons. The van der Waals surface area contributed by atoms with Gasteiger partial charge < -0.3 is 10.5 Å². The Morgan fingerprint density at radius 1 is 1.46 bits per heavy atom. The van der Waals surface area contributed by atoms with Crippen molar-refractivity contribution in [2.24, 2.45) is 11.7 Å². The Morgan fingerprint density at radius 2 is 2.08 bits per heavy atom. The second-order valence-corrected chi connectivity index (χ2v) is 3.92. The van der Waals surface area contributed by atoms with Crippen molar-refractivity contribution in [1.82, 2.24) is 0 Å². The monoisotopic (exact) mass is 185 g/mol. The smallest absolute Gasteiger partial charge is 0.322 e. The molecular formula is C10H19NO2. The maximum Gasteiger partial charge on any atom is 0.322 e. The summed E-state index contributed by atoms with van der Waals surface area (Å²) < 4.78 is 5.08. The highest BCUT2D eigenvalue weighted by molar-refractivity contribution is 5.74. The number of rotatable bonds is 3. The summed E-state index contributed by atoms with van der Waals surface area (Å²) >= 11 is 0. The largest absolute Gasteiger partial charge is 0.464 e. The Hall–Kier alpha value is -0.570. The Bertz CT molecular complexity index is 162. The maximum atomic E-state index is 11.0. The number of hydrogen-bond donors (Lipinski definition) is 1. The molecule has 0 amide bonds. The van der Waals surface area contributed by atoms with Crippen molar-refractivity contribution < 1.29 is 9.53 Å². The number of esters is 1. The van der Waals surface area contributed by atoms with E-state index in [0.717, 1.165) is 0 Å². The molecule has 1 atom stereocenters. The first-order valence-electron chi connectivity index (χ1n) is 5.12. The minimum Gasteiger partial charge on any atom is -0.464 e. The first-order valence-corrected chi connectivity index (χ1v) is 5.12. The van der Waals surface area contributed by atoms with E-state index in [4.69, 9.17) is 10.5 Å². The van der Waals surface area contributed by atoms with Gasteiger partial charge in [0.2, 0.25) is 0 Å². The fourth-order valence-corrected chi connectivity index (χ4v) is 1.69. The molecule has 0 aromatic rings. The van der Waals surface area contributed by atoms with Gasteiger partial charge in [-0.3, -0.25) is 4.79 Å². The lowest BCUT2D eigenvalue weighted by Crippen LogP contribution is -2.30. The third-order valence-corrected chi connectivity index (χ3v) is 2.56. The van der Waals surface area contributed by atoms with Crippen LogP contribution in [0.5, 0.6) is 0 Å². The van der Waals surface area contributed by atoms with Gasteiger partial charge in [-0.05, 0) is 25.7 Å². The zero-order chi connectivity index (χ0) is 9.68. The topological polar surface area (TPSA) is 52.3 Å². The van der Waals surface area contributed by atoms with Gasteiger partial charge in [0.15, 0.2) is 0 Å². The molecule has 0 spiro atoms. The Labute approximate surface area is 79.6 Å². The summed E-state index contributed by atoms with van der Waals surface area (Å²) in [4.78, 5) is 11.0. The van der Waals surface area contributed by atoms with Gasteiger partial charge in [-0.2, -0.15) is 0 Å². The van der Waals surface area contributed by atoms with Gasteiger partial charge in [-0.1, -0.05) is 19.3 Å². The summed E-state index contributed by atoms with van der Waals surface area (Å²) in [5.41, 5.74) is 5.38. The van der Waals surface area contributed by atoms with Crippen LogP contribution in [0.15, 0.2) is 0 Å². The molecule has 0 saturated heterocycles. The average Bonchev–Trinajstić information content (AvgIpc) is 2.15. The third kappa shape index (κ3) is 3.77. The molecule has 76 valence electrons. The van der Waals surface area contributed by atoms with Crippen LogP contribution in [0.1, 0.15) is 39.0 Å². The molecule has 0 bridgehead atoms. The van der Waals surface area contributed by atoms with Gasteiger partial charge in [0.05, 0.1) is 6.61 Å². The molecule has 0 aliphatic heterocycles. The van der Waals surface area contributed by atoms with Crippen LogP contribution < -0.4 is 5.73 Å². The quantitative estimate of drug-likeness (QED) is 0.677. The average molecular weight is 185 g/mol. The van der Waals surface area contributed by atoms with E-state index >= 15 is 0 Å². The highest BCUT2D eigenvalue weighted by Gasteiger charge is 2.16. The van der Waals surface area contributed by atoms with E-state index in [-0.39, 0.29) is 5.97 Å². The fraction of sp³-hybridized carbons (Fsp3) is 0.900. The molecule has 2 N–H and O–H groups in total. The van der Waals surface area contributed by atoms with E-state index in [0.29, 0.717) is 12.5 Å². The zero-order valence-corrected chi connectivity index (χ0v) is 8.29. The van der Waals surface area contributed by atoms with Crippen molar-refractivity contribution in [3.8, 4) is 0 Å². The van der Waals surface area contributed by atoms with E-state index in [9.17, 15) is 4.79 Å². The van der Waals surface area contributed by atoms with E-state index in [1.165, 1.54) is 32.1 Å². The number of carbonyl (C=O) groups excluding carboxylic acids is 1. The van der Waals surface area contributed by atoms with Crippen LogP contribution in [0.4, 0.5) is 0 Å². The van der Waals surface area contributed by atoms with E-state index in [2.05, 4.69) is 0 Å². The normalized spacial score (nSPS) is 21.1. The summed E-state index contributed by atoms with van der Waals surface area (Å²) in [7, 11) is 0. The SMILES string of the molecule is C[C@@H](N)C(=O)OCC1CCCCC1. The van der Waals surface area contributed by atoms with Crippen molar-refractivity contribution in [1.29, 1.82) is 0 Å². The summed E-state index contributed by atoms with van der Waals surface area (Å²) in [6, 6.07) is -0.483. The number of hydrogen-bond acceptors (Lipinski definition) is 3. The van der Waals surface area contributed by atoms with Gasteiger partial charge in [0, 0.05) is 0 Å². The molecule has 0 heterocycles. The Kier molecular flexibility index (Phi) is 4.22. The predicted octanol–water partition coefficient (Wildman–Crippen LogP) is 1.46. The summed E-state index contributed by atoms with van der Waals surface area (Å²) in [5, 5.41) is 0. The third-order valence-electron chi connectivity index (χ3n) is 2.56. The molecule has 1 aliphatic rings. The van der Waals surface area contributed by atoms with Crippen LogP contribution in [0.2, 0.25) is 0 Å². The molecule has 3 heteroatoms. The van der Waals surface area contributed by atoms with Crippen LogP contribution in [0.3, 0.4) is 0 Å². The molecule has 0 unspecified atom stereocenters. The van der Waals surface area contributed by atoms with Gasteiger partial charge in [-0.15, -0.1) is 0 Å². The summed E-state index contributed by atoms with van der Waals surface area (Å²) in [6.07, 6.45) is 6.29. The first-order chi connectivity index (χ1) is 6.20. The van der Waals surface area contributed by atoms with Gasteiger partial charge in [0.1, 0.15) is 6.04 Å². The van der Waals surface area contributed by atoms with Crippen LogP contribution in [-0.4, -0.2) is 18.6 Å². The molecule has 13 heavy (non-hydrogen) atoms. The fourth-order valence-electron chi connectivity index (χ4n) is 1.69. The van der Waals surface area contributed by atoms with Crippen LogP contribution in [0, 0.1) is 5.92 Å². The maximum absolute atomic E-state index is 11.0. The van der Waals surface area contributed by atoms with Gasteiger partial charge in [0.25, 0.3) is 0 Å². The number of carbonyl (C=O) groups is 1. The Morgan fingerprint density at radius 3 is 2.62 bits per heavy atom. The number of ether oxygens (including phenoxy) is 1. The molecule has 1 aliphatic carbocycles. The lowest BCUT2D eigenvalue weighted by Gasteiger charge is -2.21. The summed E-state index contributed by atoms with van der Waals surface area (Å²) in [6.45, 7) is 2.23. The van der Waals surface area contributed by atoms with Crippen molar-refractivity contribution >= 4 is 5.97 Å². The molecule has 1 saturated carbocycles.